The molecule has 0 radical (unpaired) electrons. The number of nitrogens with one attached hydrogen (secondary N) is 2. The lowest BCUT2D eigenvalue weighted by atomic mass is 10.0. The van der Waals surface area contributed by atoms with Crippen molar-refractivity contribution in [3.05, 3.63) is 192 Å². The van der Waals surface area contributed by atoms with Crippen LogP contribution in [0.25, 0.3) is 0 Å². The van der Waals surface area contributed by atoms with E-state index in [2.05, 4.69) is 25.4 Å². The normalized spacial score (nSPS) is 11.1. The van der Waals surface area contributed by atoms with Crippen LogP contribution in [0.4, 0.5) is 17.1 Å². The zero-order valence-corrected chi connectivity index (χ0v) is 33.2. The van der Waals surface area contributed by atoms with Crippen LogP contribution in [0.1, 0.15) is 37.4 Å². The van der Waals surface area contributed by atoms with E-state index in [1.54, 1.807) is 72.8 Å². The van der Waals surface area contributed by atoms with Crippen LogP contribution in [0.2, 0.25) is 10.0 Å². The molecule has 0 heterocycles. The van der Waals surface area contributed by atoms with E-state index in [4.69, 9.17) is 23.2 Å². The minimum absolute atomic E-state index is 0.0199. The molecule has 6 aromatic rings. The molecule has 0 fully saturated rings. The summed E-state index contributed by atoms with van der Waals surface area (Å²) >= 11 is 15.3. The SMILES string of the molecule is Cc1ccc(S(=O)(=O)Nc2ccc(Cl)cc2C(=O)c2ccccc2)cc1[N+](=O)[O-].O=C(c1ccccc1)c1cc(Cl)ccc1NS(=O)(=O)c1cccc(Br)c1. The molecular formula is C39H28BrCl2N3O8S2. The molecule has 0 atom stereocenters. The number of benzene rings is 6. The van der Waals surface area contributed by atoms with Crippen molar-refractivity contribution in [1.82, 2.24) is 0 Å². The van der Waals surface area contributed by atoms with Gasteiger partial charge < -0.3 is 0 Å². The third kappa shape index (κ3) is 10.2. The summed E-state index contributed by atoms with van der Waals surface area (Å²) in [5.41, 5.74) is 1.26. The van der Waals surface area contributed by atoms with Crippen LogP contribution in [-0.4, -0.2) is 33.3 Å². The van der Waals surface area contributed by atoms with E-state index in [9.17, 15) is 36.5 Å². The van der Waals surface area contributed by atoms with Crippen molar-refractivity contribution in [2.75, 3.05) is 9.44 Å². The van der Waals surface area contributed by atoms with Gasteiger partial charge in [0.25, 0.3) is 25.7 Å². The minimum atomic E-state index is -4.19. The Labute approximate surface area is 335 Å². The number of halogens is 3. The first kappa shape index (κ1) is 40.8. The van der Waals surface area contributed by atoms with Gasteiger partial charge in [-0.15, -0.1) is 0 Å². The molecule has 6 aromatic carbocycles. The van der Waals surface area contributed by atoms with E-state index in [0.29, 0.717) is 26.2 Å². The predicted molar refractivity (Wildman–Crippen MR) is 216 cm³/mol. The lowest BCUT2D eigenvalue weighted by Crippen LogP contribution is -2.16. The molecule has 0 spiro atoms. The summed E-state index contributed by atoms with van der Waals surface area (Å²) in [5, 5.41) is 11.7. The Morgan fingerprint density at radius 2 is 1.05 bits per heavy atom. The third-order valence-corrected chi connectivity index (χ3v) is 11.5. The second-order valence-corrected chi connectivity index (χ2v) is 16.8. The molecule has 0 saturated carbocycles. The molecule has 0 unspecified atom stereocenters. The summed E-state index contributed by atoms with van der Waals surface area (Å²) in [7, 11) is -8.05. The number of hydrogen-bond acceptors (Lipinski definition) is 8. The Bertz CT molecular complexity index is 2650. The maximum atomic E-state index is 12.8. The Balaban J connectivity index is 0.000000212. The molecule has 55 heavy (non-hydrogen) atoms. The first-order chi connectivity index (χ1) is 26.1. The topological polar surface area (TPSA) is 170 Å². The van der Waals surface area contributed by atoms with Crippen molar-refractivity contribution in [3.63, 3.8) is 0 Å². The van der Waals surface area contributed by atoms with Gasteiger partial charge in [0.05, 0.1) is 26.1 Å². The molecule has 0 aliphatic heterocycles. The quantitative estimate of drug-likeness (QED) is 0.0736. The van der Waals surface area contributed by atoms with E-state index >= 15 is 0 Å². The summed E-state index contributed by atoms with van der Waals surface area (Å²) in [6.07, 6.45) is 0. The van der Waals surface area contributed by atoms with Crippen LogP contribution in [0.15, 0.2) is 154 Å². The number of nitro groups is 1. The maximum absolute atomic E-state index is 12.8. The molecule has 11 nitrogen and oxygen atoms in total. The van der Waals surface area contributed by atoms with Crippen LogP contribution in [0, 0.1) is 17.0 Å². The number of rotatable bonds is 11. The number of carbonyl (C=O) groups excluding carboxylic acids is 2. The van der Waals surface area contributed by atoms with Crippen LogP contribution in [0.5, 0.6) is 0 Å². The van der Waals surface area contributed by atoms with Crippen LogP contribution in [-0.2, 0) is 20.0 Å². The first-order valence-corrected chi connectivity index (χ1v) is 20.4. The molecule has 0 saturated heterocycles. The van der Waals surface area contributed by atoms with Crippen LogP contribution >= 0.6 is 39.1 Å². The number of anilines is 2. The molecule has 0 aliphatic carbocycles. The summed E-state index contributed by atoms with van der Waals surface area (Å²) < 4.78 is 56.4. The van der Waals surface area contributed by atoms with Gasteiger partial charge in [-0.05, 0) is 67.6 Å². The number of nitrogens with zero attached hydrogens (tertiary/aromatic N) is 1. The number of aryl methyl sites for hydroxylation is 1. The Morgan fingerprint density at radius 3 is 1.49 bits per heavy atom. The van der Waals surface area contributed by atoms with E-state index in [1.807, 2.05) is 0 Å². The lowest BCUT2D eigenvalue weighted by molar-refractivity contribution is -0.385. The summed E-state index contributed by atoms with van der Waals surface area (Å²) in [4.78, 5) is 35.9. The first-order valence-electron chi connectivity index (χ1n) is 15.9. The minimum Gasteiger partial charge on any atom is -0.289 e. The van der Waals surface area contributed by atoms with E-state index < -0.39 is 30.8 Å². The van der Waals surface area contributed by atoms with Crippen LogP contribution < -0.4 is 9.44 Å². The van der Waals surface area contributed by atoms with Crippen molar-refractivity contribution in [2.45, 2.75) is 16.7 Å². The molecule has 0 aliphatic rings. The van der Waals surface area contributed by atoms with Gasteiger partial charge in [-0.2, -0.15) is 0 Å². The van der Waals surface area contributed by atoms with Crippen molar-refractivity contribution >= 4 is 87.8 Å². The molecular weight excluding hydrogens is 853 g/mol. The van der Waals surface area contributed by atoms with E-state index in [-0.39, 0.29) is 48.8 Å². The summed E-state index contributed by atoms with van der Waals surface area (Å²) in [5.74, 6) is -0.735. The number of sulfonamides is 2. The maximum Gasteiger partial charge on any atom is 0.273 e. The lowest BCUT2D eigenvalue weighted by Gasteiger charge is -2.13. The number of nitro benzene ring substituents is 1. The van der Waals surface area contributed by atoms with Crippen molar-refractivity contribution < 1.29 is 31.3 Å². The monoisotopic (exact) mass is 879 g/mol. The second kappa shape index (κ2) is 17.4. The zero-order valence-electron chi connectivity index (χ0n) is 28.4. The van der Waals surface area contributed by atoms with Gasteiger partial charge in [-0.3, -0.25) is 29.1 Å². The highest BCUT2D eigenvalue weighted by Gasteiger charge is 2.24. The van der Waals surface area contributed by atoms with Gasteiger partial charge >= 0.3 is 0 Å². The van der Waals surface area contributed by atoms with Crippen molar-refractivity contribution in [2.24, 2.45) is 0 Å². The van der Waals surface area contributed by atoms with E-state index in [1.165, 1.54) is 67.6 Å². The highest BCUT2D eigenvalue weighted by molar-refractivity contribution is 9.10. The average Bonchev–Trinajstić information content (AvgIpc) is 3.16. The number of ketones is 2. The number of carbonyl (C=O) groups is 2. The summed E-state index contributed by atoms with van der Waals surface area (Å²) in [6.45, 7) is 1.51. The van der Waals surface area contributed by atoms with Gasteiger partial charge in [0.1, 0.15) is 0 Å². The standard InChI is InChI=1S/C20H15ClN2O5S.C19H13BrClNO3S/c1-13-7-9-16(12-19(13)23(25)26)29(27,28)22-18-10-8-15(21)11-17(18)20(24)14-5-3-2-4-6-14;20-14-7-4-8-16(11-14)26(24,25)22-18-10-9-15(21)12-17(18)19(23)13-5-2-1-3-6-13/h2-12,22H,1H3;1-12,22H. The van der Waals surface area contributed by atoms with Crippen LogP contribution in [0.3, 0.4) is 0 Å². The highest BCUT2D eigenvalue weighted by atomic mass is 79.9. The predicted octanol–water partition coefficient (Wildman–Crippen LogP) is 9.72. The van der Waals surface area contributed by atoms with Gasteiger partial charge in [-0.25, -0.2) is 16.8 Å². The molecule has 6 rings (SSSR count). The fourth-order valence-electron chi connectivity index (χ4n) is 5.07. The third-order valence-electron chi connectivity index (χ3n) is 7.81. The fourth-order valence-corrected chi connectivity index (χ4v) is 8.19. The Morgan fingerprint density at radius 1 is 0.600 bits per heavy atom. The molecule has 0 amide bonds. The smallest absolute Gasteiger partial charge is 0.273 e. The van der Waals surface area contributed by atoms with E-state index in [0.717, 1.165) is 6.07 Å². The highest BCUT2D eigenvalue weighted by Crippen LogP contribution is 2.29. The number of hydrogen-bond donors (Lipinski definition) is 2. The van der Waals surface area contributed by atoms with Gasteiger partial charge in [0, 0.05) is 48.4 Å². The molecule has 0 bridgehead atoms. The Hall–Kier alpha value is -5.38. The fraction of sp³-hybridized carbons (Fsp3) is 0.0256. The van der Waals surface area contributed by atoms with Gasteiger partial charge in [-0.1, -0.05) is 112 Å². The van der Waals surface area contributed by atoms with Crippen molar-refractivity contribution in [3.8, 4) is 0 Å². The van der Waals surface area contributed by atoms with Crippen molar-refractivity contribution in [1.29, 1.82) is 0 Å². The average molecular weight is 882 g/mol. The molecule has 0 aromatic heterocycles. The molecule has 280 valence electrons. The summed E-state index contributed by atoms with van der Waals surface area (Å²) in [6, 6.07) is 35.5. The zero-order chi connectivity index (χ0) is 39.9. The second-order valence-electron chi connectivity index (χ2n) is 11.6. The molecule has 16 heteroatoms. The molecule has 2 N–H and O–H groups in total. The largest absolute Gasteiger partial charge is 0.289 e. The van der Waals surface area contributed by atoms with Gasteiger partial charge in [0.15, 0.2) is 11.6 Å². The van der Waals surface area contributed by atoms with Gasteiger partial charge in [0.2, 0.25) is 0 Å². The Kier molecular flexibility index (Phi) is 12.9.